The Morgan fingerprint density at radius 1 is 0.957 bits per heavy atom. The predicted molar refractivity (Wildman–Crippen MR) is 93.5 cm³/mol. The van der Waals surface area contributed by atoms with Crippen LogP contribution in [0.4, 0.5) is 0 Å². The summed E-state index contributed by atoms with van der Waals surface area (Å²) in [4.78, 5) is 17.0. The molecule has 2 aromatic carbocycles. The molecule has 3 nitrogen and oxygen atoms in total. The fraction of sp³-hybridized carbons (Fsp3) is 0.350. The highest BCUT2D eigenvalue weighted by molar-refractivity contribution is 5.94. The van der Waals surface area contributed by atoms with Crippen LogP contribution in [-0.4, -0.2) is 41.9 Å². The summed E-state index contributed by atoms with van der Waals surface area (Å²) in [5, 5.41) is 0. The molecule has 0 bridgehead atoms. The summed E-state index contributed by atoms with van der Waals surface area (Å²) >= 11 is 0. The van der Waals surface area contributed by atoms with Gasteiger partial charge >= 0.3 is 0 Å². The Morgan fingerprint density at radius 2 is 1.65 bits per heavy atom. The van der Waals surface area contributed by atoms with Crippen molar-refractivity contribution in [2.75, 3.05) is 26.2 Å². The molecule has 1 aliphatic heterocycles. The molecule has 0 N–H and O–H groups in total. The van der Waals surface area contributed by atoms with Crippen LogP contribution in [0.2, 0.25) is 0 Å². The molecule has 2 aromatic rings. The van der Waals surface area contributed by atoms with Crippen LogP contribution in [0.1, 0.15) is 34.5 Å². The number of carbonyl (C=O) groups is 1. The van der Waals surface area contributed by atoms with E-state index in [0.29, 0.717) is 6.04 Å². The van der Waals surface area contributed by atoms with Crippen LogP contribution in [-0.2, 0) is 0 Å². The highest BCUT2D eigenvalue weighted by atomic mass is 16.2. The van der Waals surface area contributed by atoms with Crippen molar-refractivity contribution in [3.05, 3.63) is 71.3 Å². The van der Waals surface area contributed by atoms with E-state index in [0.717, 1.165) is 37.3 Å². The summed E-state index contributed by atoms with van der Waals surface area (Å²) in [6, 6.07) is 18.8. The van der Waals surface area contributed by atoms with E-state index in [9.17, 15) is 4.79 Å². The standard InChI is InChI=1S/C20H24N2O/c1-16-7-6-10-19(15-16)20(23)22-13-11-21(12-14-22)17(2)18-8-4-3-5-9-18/h3-10,15,17H,11-14H2,1-2H3/t17-/m0/s1. The van der Waals surface area contributed by atoms with Crippen molar-refractivity contribution < 1.29 is 4.79 Å². The Hall–Kier alpha value is -2.13. The minimum Gasteiger partial charge on any atom is -0.336 e. The quantitative estimate of drug-likeness (QED) is 0.866. The molecular formula is C20H24N2O. The van der Waals surface area contributed by atoms with Crippen molar-refractivity contribution in [1.82, 2.24) is 9.80 Å². The summed E-state index contributed by atoms with van der Waals surface area (Å²) in [5.41, 5.74) is 3.27. The van der Waals surface area contributed by atoms with Crippen LogP contribution in [0.25, 0.3) is 0 Å². The molecule has 0 unspecified atom stereocenters. The van der Waals surface area contributed by atoms with Gasteiger partial charge in [-0.2, -0.15) is 0 Å². The third-order valence-corrected chi connectivity index (χ3v) is 4.70. The van der Waals surface area contributed by atoms with Gasteiger partial charge in [-0.25, -0.2) is 0 Å². The Labute approximate surface area is 138 Å². The predicted octanol–water partition coefficient (Wildman–Crippen LogP) is 3.51. The van der Waals surface area contributed by atoms with Gasteiger partial charge in [-0.3, -0.25) is 9.69 Å². The summed E-state index contributed by atoms with van der Waals surface area (Å²) in [7, 11) is 0. The first-order valence-corrected chi connectivity index (χ1v) is 8.30. The summed E-state index contributed by atoms with van der Waals surface area (Å²) in [5.74, 6) is 0.153. The normalized spacial score (nSPS) is 17.0. The molecule has 1 saturated heterocycles. The van der Waals surface area contributed by atoms with Gasteiger partial charge in [0.25, 0.3) is 5.91 Å². The molecule has 0 aromatic heterocycles. The van der Waals surface area contributed by atoms with Crippen LogP contribution in [0.15, 0.2) is 54.6 Å². The van der Waals surface area contributed by atoms with Gasteiger partial charge < -0.3 is 4.90 Å². The van der Waals surface area contributed by atoms with Gasteiger partial charge in [0.05, 0.1) is 0 Å². The Balaban J connectivity index is 1.61. The number of hydrogen-bond acceptors (Lipinski definition) is 2. The van der Waals surface area contributed by atoms with Gasteiger partial charge in [-0.15, -0.1) is 0 Å². The fourth-order valence-electron chi connectivity index (χ4n) is 3.22. The number of carbonyl (C=O) groups excluding carboxylic acids is 1. The van der Waals surface area contributed by atoms with Gasteiger partial charge in [0, 0.05) is 37.8 Å². The van der Waals surface area contributed by atoms with Crippen LogP contribution in [0.5, 0.6) is 0 Å². The van der Waals surface area contributed by atoms with E-state index in [1.807, 2.05) is 36.1 Å². The fourth-order valence-corrected chi connectivity index (χ4v) is 3.22. The molecule has 0 radical (unpaired) electrons. The second kappa shape index (κ2) is 6.97. The molecule has 1 atom stereocenters. The zero-order valence-corrected chi connectivity index (χ0v) is 13.9. The minimum atomic E-state index is 0.153. The van der Waals surface area contributed by atoms with Crippen molar-refractivity contribution >= 4 is 5.91 Å². The summed E-state index contributed by atoms with van der Waals surface area (Å²) < 4.78 is 0. The van der Waals surface area contributed by atoms with Gasteiger partial charge in [0.15, 0.2) is 0 Å². The minimum absolute atomic E-state index is 0.153. The summed E-state index contributed by atoms with van der Waals surface area (Å²) in [6.07, 6.45) is 0. The van der Waals surface area contributed by atoms with Crippen LogP contribution in [0, 0.1) is 6.92 Å². The van der Waals surface area contributed by atoms with E-state index in [1.165, 1.54) is 5.56 Å². The van der Waals surface area contributed by atoms with Gasteiger partial charge in [0.1, 0.15) is 0 Å². The van der Waals surface area contributed by atoms with Gasteiger partial charge in [-0.1, -0.05) is 48.0 Å². The van der Waals surface area contributed by atoms with E-state index < -0.39 is 0 Å². The maximum absolute atomic E-state index is 12.6. The third kappa shape index (κ3) is 3.62. The SMILES string of the molecule is Cc1cccc(C(=O)N2CCN([C@@H](C)c3ccccc3)CC2)c1. The number of aryl methyl sites for hydroxylation is 1. The van der Waals surface area contributed by atoms with E-state index >= 15 is 0 Å². The second-order valence-corrected chi connectivity index (χ2v) is 6.28. The second-order valence-electron chi connectivity index (χ2n) is 6.28. The largest absolute Gasteiger partial charge is 0.336 e. The molecular weight excluding hydrogens is 284 g/mol. The Kier molecular flexibility index (Phi) is 4.77. The van der Waals surface area contributed by atoms with Crippen molar-refractivity contribution in [3.8, 4) is 0 Å². The monoisotopic (exact) mass is 308 g/mol. The first-order chi connectivity index (χ1) is 11.1. The molecule has 1 amide bonds. The molecule has 0 saturated carbocycles. The molecule has 0 spiro atoms. The molecule has 3 rings (SSSR count). The van der Waals surface area contributed by atoms with Crippen LogP contribution in [0.3, 0.4) is 0 Å². The highest BCUT2D eigenvalue weighted by Gasteiger charge is 2.25. The maximum Gasteiger partial charge on any atom is 0.253 e. The lowest BCUT2D eigenvalue weighted by Crippen LogP contribution is -2.49. The Morgan fingerprint density at radius 3 is 2.30 bits per heavy atom. The average Bonchev–Trinajstić information content (AvgIpc) is 2.61. The van der Waals surface area contributed by atoms with Crippen LogP contribution >= 0.6 is 0 Å². The lowest BCUT2D eigenvalue weighted by molar-refractivity contribution is 0.0582. The molecule has 1 heterocycles. The van der Waals surface area contributed by atoms with E-state index in [1.54, 1.807) is 0 Å². The zero-order chi connectivity index (χ0) is 16.2. The summed E-state index contributed by atoms with van der Waals surface area (Å²) in [6.45, 7) is 7.71. The van der Waals surface area contributed by atoms with Crippen LogP contribution < -0.4 is 0 Å². The number of rotatable bonds is 3. The number of benzene rings is 2. The molecule has 3 heteroatoms. The van der Waals surface area contributed by atoms with E-state index in [-0.39, 0.29) is 5.91 Å². The van der Waals surface area contributed by atoms with Crippen molar-refractivity contribution in [2.24, 2.45) is 0 Å². The first-order valence-electron chi connectivity index (χ1n) is 8.30. The molecule has 23 heavy (non-hydrogen) atoms. The van der Waals surface area contributed by atoms with Crippen molar-refractivity contribution in [2.45, 2.75) is 19.9 Å². The topological polar surface area (TPSA) is 23.6 Å². The first kappa shape index (κ1) is 15.8. The lowest BCUT2D eigenvalue weighted by Gasteiger charge is -2.38. The number of piperazine rings is 1. The maximum atomic E-state index is 12.6. The van der Waals surface area contributed by atoms with E-state index in [2.05, 4.69) is 42.2 Å². The zero-order valence-electron chi connectivity index (χ0n) is 13.9. The van der Waals surface area contributed by atoms with Crippen molar-refractivity contribution in [1.29, 1.82) is 0 Å². The number of nitrogens with zero attached hydrogens (tertiary/aromatic N) is 2. The number of hydrogen-bond donors (Lipinski definition) is 0. The molecule has 1 fully saturated rings. The van der Waals surface area contributed by atoms with E-state index in [4.69, 9.17) is 0 Å². The number of amides is 1. The molecule has 120 valence electrons. The smallest absolute Gasteiger partial charge is 0.253 e. The van der Waals surface area contributed by atoms with Crippen molar-refractivity contribution in [3.63, 3.8) is 0 Å². The van der Waals surface area contributed by atoms with Gasteiger partial charge in [0.2, 0.25) is 0 Å². The lowest BCUT2D eigenvalue weighted by atomic mass is 10.1. The third-order valence-electron chi connectivity index (χ3n) is 4.70. The molecule has 0 aliphatic carbocycles. The Bertz CT molecular complexity index is 660. The highest BCUT2D eigenvalue weighted by Crippen LogP contribution is 2.21. The average molecular weight is 308 g/mol. The molecule has 1 aliphatic rings. The van der Waals surface area contributed by atoms with Gasteiger partial charge in [-0.05, 0) is 31.5 Å².